The number of imide groups is 1. The topological polar surface area (TPSA) is 124 Å². The molecule has 30 heavy (non-hydrogen) atoms. The van der Waals surface area contributed by atoms with E-state index in [1.165, 1.54) is 0 Å². The van der Waals surface area contributed by atoms with Crippen molar-refractivity contribution >= 4 is 28.7 Å². The molecule has 0 fully saturated rings. The summed E-state index contributed by atoms with van der Waals surface area (Å²) in [6.45, 7) is -0.759. The molecule has 3 aromatic rings. The molecule has 2 heterocycles. The lowest BCUT2D eigenvalue weighted by atomic mass is 10.1. The largest absolute Gasteiger partial charge is 0.485 e. The van der Waals surface area contributed by atoms with Gasteiger partial charge in [-0.05, 0) is 18.2 Å². The first-order valence-electron chi connectivity index (χ1n) is 9.02. The average Bonchev–Trinajstić information content (AvgIpc) is 2.76. The van der Waals surface area contributed by atoms with E-state index < -0.39 is 36.1 Å². The number of amides is 2. The van der Waals surface area contributed by atoms with Gasteiger partial charge in [-0.1, -0.05) is 30.3 Å². The van der Waals surface area contributed by atoms with E-state index in [4.69, 9.17) is 14.2 Å². The predicted octanol–water partition coefficient (Wildman–Crippen LogP) is 1.17. The SMILES string of the molecule is O=C(COC(=O)c1cc(=O)[nH]c2ccccc12)NC(=O)[C@H]1COc2ccccc2O1. The molecule has 9 nitrogen and oxygen atoms in total. The van der Waals surface area contributed by atoms with E-state index in [0.717, 1.165) is 6.07 Å². The van der Waals surface area contributed by atoms with Crippen molar-refractivity contribution in [3.63, 3.8) is 0 Å². The summed E-state index contributed by atoms with van der Waals surface area (Å²) in [4.78, 5) is 51.0. The van der Waals surface area contributed by atoms with Gasteiger partial charge in [0.2, 0.25) is 11.7 Å². The average molecular weight is 408 g/mol. The number of aromatic amines is 1. The molecule has 2 N–H and O–H groups in total. The first-order valence-corrected chi connectivity index (χ1v) is 9.02. The molecule has 152 valence electrons. The Labute approximate surface area is 169 Å². The van der Waals surface area contributed by atoms with E-state index in [1.807, 2.05) is 0 Å². The summed E-state index contributed by atoms with van der Waals surface area (Å²) in [7, 11) is 0. The lowest BCUT2D eigenvalue weighted by molar-refractivity contribution is -0.137. The van der Waals surface area contributed by atoms with Crippen LogP contribution in [0.5, 0.6) is 11.5 Å². The highest BCUT2D eigenvalue weighted by Gasteiger charge is 2.28. The molecular formula is C21H16N2O7. The van der Waals surface area contributed by atoms with E-state index >= 15 is 0 Å². The lowest BCUT2D eigenvalue weighted by Gasteiger charge is -2.25. The molecule has 0 saturated carbocycles. The number of aromatic nitrogens is 1. The Morgan fingerprint density at radius 2 is 1.80 bits per heavy atom. The monoisotopic (exact) mass is 408 g/mol. The van der Waals surface area contributed by atoms with Gasteiger partial charge in [0.25, 0.3) is 11.8 Å². The van der Waals surface area contributed by atoms with Gasteiger partial charge in [0, 0.05) is 17.0 Å². The zero-order valence-electron chi connectivity index (χ0n) is 15.5. The lowest BCUT2D eigenvalue weighted by Crippen LogP contribution is -2.47. The van der Waals surface area contributed by atoms with Crippen LogP contribution in [0.3, 0.4) is 0 Å². The van der Waals surface area contributed by atoms with Gasteiger partial charge in [0.15, 0.2) is 18.1 Å². The van der Waals surface area contributed by atoms with Gasteiger partial charge in [-0.2, -0.15) is 0 Å². The number of H-pyrrole nitrogens is 1. The van der Waals surface area contributed by atoms with Gasteiger partial charge in [-0.25, -0.2) is 4.79 Å². The zero-order valence-corrected chi connectivity index (χ0v) is 15.5. The molecule has 4 rings (SSSR count). The second kappa shape index (κ2) is 8.08. The van der Waals surface area contributed by atoms with Gasteiger partial charge in [0.05, 0.1) is 5.56 Å². The summed E-state index contributed by atoms with van der Waals surface area (Å²) >= 11 is 0. The van der Waals surface area contributed by atoms with Crippen molar-refractivity contribution in [2.24, 2.45) is 0 Å². The van der Waals surface area contributed by atoms with E-state index in [-0.39, 0.29) is 12.2 Å². The third-order valence-electron chi connectivity index (χ3n) is 4.37. The fourth-order valence-electron chi connectivity index (χ4n) is 2.99. The molecule has 0 aliphatic carbocycles. The van der Waals surface area contributed by atoms with E-state index in [0.29, 0.717) is 22.4 Å². The van der Waals surface area contributed by atoms with E-state index in [9.17, 15) is 19.2 Å². The Kier molecular flexibility index (Phi) is 5.17. The highest BCUT2D eigenvalue weighted by atomic mass is 16.6. The van der Waals surface area contributed by atoms with Crippen LogP contribution in [0.1, 0.15) is 10.4 Å². The number of pyridine rings is 1. The fourth-order valence-corrected chi connectivity index (χ4v) is 2.99. The molecule has 0 spiro atoms. The first kappa shape index (κ1) is 19.2. The smallest absolute Gasteiger partial charge is 0.339 e. The van der Waals surface area contributed by atoms with Gasteiger partial charge in [0.1, 0.15) is 6.61 Å². The quantitative estimate of drug-likeness (QED) is 0.621. The highest BCUT2D eigenvalue weighted by Crippen LogP contribution is 2.30. The van der Waals surface area contributed by atoms with Crippen LogP contribution in [0.2, 0.25) is 0 Å². The number of carbonyl (C=O) groups excluding carboxylic acids is 3. The van der Waals surface area contributed by atoms with Gasteiger partial charge in [-0.15, -0.1) is 0 Å². The minimum Gasteiger partial charge on any atom is -0.485 e. The Bertz CT molecular complexity index is 1200. The number of carbonyl (C=O) groups is 3. The molecule has 1 aliphatic rings. The van der Waals surface area contributed by atoms with Crippen molar-refractivity contribution < 1.29 is 28.6 Å². The summed E-state index contributed by atoms with van der Waals surface area (Å²) in [5.74, 6) is -1.50. The van der Waals surface area contributed by atoms with Crippen molar-refractivity contribution in [2.45, 2.75) is 6.10 Å². The number of esters is 1. The van der Waals surface area contributed by atoms with Gasteiger partial charge >= 0.3 is 5.97 Å². The summed E-state index contributed by atoms with van der Waals surface area (Å²) in [5.41, 5.74) is 0.00964. The minimum atomic E-state index is -1.02. The molecule has 1 aromatic heterocycles. The summed E-state index contributed by atoms with van der Waals surface area (Å²) in [5, 5.41) is 2.58. The maximum absolute atomic E-state index is 12.4. The van der Waals surface area contributed by atoms with Crippen LogP contribution >= 0.6 is 0 Å². The number of hydrogen-bond donors (Lipinski definition) is 2. The zero-order chi connectivity index (χ0) is 21.1. The molecule has 2 aromatic carbocycles. The summed E-state index contributed by atoms with van der Waals surface area (Å²) in [6.07, 6.45) is -1.02. The number of hydrogen-bond acceptors (Lipinski definition) is 7. The predicted molar refractivity (Wildman–Crippen MR) is 104 cm³/mol. The Balaban J connectivity index is 1.36. The standard InChI is InChI=1S/C21H16N2O7/c24-18-9-13(12-5-1-2-6-14(12)22-18)21(27)29-11-19(25)23-20(26)17-10-28-15-7-3-4-8-16(15)30-17/h1-9,17H,10-11H2,(H,22,24)(H,23,25,26)/t17-/m1/s1. The van der Waals surface area contributed by atoms with Crippen LogP contribution in [0.25, 0.3) is 10.9 Å². The maximum Gasteiger partial charge on any atom is 0.339 e. The molecular weight excluding hydrogens is 392 g/mol. The Morgan fingerprint density at radius 1 is 1.07 bits per heavy atom. The Morgan fingerprint density at radius 3 is 2.63 bits per heavy atom. The molecule has 1 aliphatic heterocycles. The summed E-state index contributed by atoms with van der Waals surface area (Å²) < 4.78 is 15.9. The van der Waals surface area contributed by atoms with E-state index in [2.05, 4.69) is 10.3 Å². The molecule has 0 radical (unpaired) electrons. The summed E-state index contributed by atoms with van der Waals surface area (Å²) in [6, 6.07) is 14.6. The van der Waals surface area contributed by atoms with Crippen LogP contribution in [0.4, 0.5) is 0 Å². The van der Waals surface area contributed by atoms with Crippen molar-refractivity contribution in [1.29, 1.82) is 0 Å². The number of fused-ring (bicyclic) bond motifs is 2. The molecule has 0 unspecified atom stereocenters. The number of para-hydroxylation sites is 3. The van der Waals surface area contributed by atoms with E-state index in [1.54, 1.807) is 48.5 Å². The number of rotatable bonds is 4. The minimum absolute atomic E-state index is 0.0223. The van der Waals surface area contributed by atoms with Crippen LogP contribution in [0, 0.1) is 0 Å². The van der Waals surface area contributed by atoms with Crippen molar-refractivity contribution in [2.75, 3.05) is 13.2 Å². The van der Waals surface area contributed by atoms with Crippen LogP contribution in [0.15, 0.2) is 59.4 Å². The number of ether oxygens (including phenoxy) is 3. The molecule has 0 saturated heterocycles. The molecule has 0 bridgehead atoms. The van der Waals surface area contributed by atoms with Gasteiger partial charge < -0.3 is 19.2 Å². The van der Waals surface area contributed by atoms with Crippen molar-refractivity contribution in [3.8, 4) is 11.5 Å². The fraction of sp³-hybridized carbons (Fsp3) is 0.143. The van der Waals surface area contributed by atoms with Crippen LogP contribution < -0.4 is 20.3 Å². The third kappa shape index (κ3) is 4.00. The van der Waals surface area contributed by atoms with Crippen molar-refractivity contribution in [1.82, 2.24) is 10.3 Å². The van der Waals surface area contributed by atoms with Crippen LogP contribution in [-0.4, -0.2) is 42.1 Å². The molecule has 1 atom stereocenters. The highest BCUT2D eigenvalue weighted by molar-refractivity contribution is 6.04. The Hall–Kier alpha value is -4.14. The molecule has 2 amide bonds. The first-order chi connectivity index (χ1) is 14.5. The maximum atomic E-state index is 12.4. The second-order valence-corrected chi connectivity index (χ2v) is 6.45. The van der Waals surface area contributed by atoms with Crippen LogP contribution in [-0.2, 0) is 14.3 Å². The normalized spacial score (nSPS) is 14.7. The van der Waals surface area contributed by atoms with Gasteiger partial charge in [-0.3, -0.25) is 19.7 Å². The second-order valence-electron chi connectivity index (χ2n) is 6.45. The number of benzene rings is 2. The third-order valence-corrected chi connectivity index (χ3v) is 4.37. The number of nitrogens with one attached hydrogen (secondary N) is 2. The molecule has 9 heteroatoms. The van der Waals surface area contributed by atoms with Crippen molar-refractivity contribution in [3.05, 3.63) is 70.5 Å².